The van der Waals surface area contributed by atoms with Crippen LogP contribution < -0.4 is 0 Å². The van der Waals surface area contributed by atoms with Crippen molar-refractivity contribution in [2.75, 3.05) is 13.7 Å². The molecule has 0 fully saturated rings. The molecule has 0 heterocycles. The topological polar surface area (TPSA) is 35.5 Å². The first-order valence-electron chi connectivity index (χ1n) is 4.97. The van der Waals surface area contributed by atoms with E-state index in [0.717, 1.165) is 6.42 Å². The number of ether oxygens (including phenoxy) is 2. The van der Waals surface area contributed by atoms with Crippen molar-refractivity contribution in [3.8, 4) is 0 Å². The highest BCUT2D eigenvalue weighted by Crippen LogP contribution is 2.22. The van der Waals surface area contributed by atoms with Crippen molar-refractivity contribution in [3.63, 3.8) is 0 Å². The predicted molar refractivity (Wildman–Crippen MR) is 56.1 cm³/mol. The van der Waals surface area contributed by atoms with Crippen LogP contribution in [0.25, 0.3) is 0 Å². The second kappa shape index (κ2) is 4.78. The van der Waals surface area contributed by atoms with Crippen molar-refractivity contribution in [3.05, 3.63) is 0 Å². The van der Waals surface area contributed by atoms with Crippen molar-refractivity contribution in [1.29, 1.82) is 0 Å². The molecular weight excluding hydrogens is 180 g/mol. The molecule has 0 aromatic carbocycles. The van der Waals surface area contributed by atoms with Gasteiger partial charge in [0.2, 0.25) is 0 Å². The monoisotopic (exact) mass is 202 g/mol. The quantitative estimate of drug-likeness (QED) is 0.642. The first-order chi connectivity index (χ1) is 6.25. The van der Waals surface area contributed by atoms with Crippen molar-refractivity contribution >= 4 is 5.97 Å². The molecular formula is C11H22O3. The van der Waals surface area contributed by atoms with Gasteiger partial charge in [0, 0.05) is 0 Å². The van der Waals surface area contributed by atoms with E-state index in [-0.39, 0.29) is 11.6 Å². The molecule has 14 heavy (non-hydrogen) atoms. The zero-order valence-corrected chi connectivity index (χ0v) is 10.1. The molecule has 0 N–H and O–H groups in total. The summed E-state index contributed by atoms with van der Waals surface area (Å²) in [4.78, 5) is 11.3. The largest absolute Gasteiger partial charge is 0.469 e. The summed E-state index contributed by atoms with van der Waals surface area (Å²) in [6, 6.07) is 0. The molecule has 0 amide bonds. The summed E-state index contributed by atoms with van der Waals surface area (Å²) in [5.74, 6) is -0.232. The Kier molecular flexibility index (Phi) is 4.59. The summed E-state index contributed by atoms with van der Waals surface area (Å²) < 4.78 is 10.4. The lowest BCUT2D eigenvalue weighted by molar-refractivity contribution is -0.158. The van der Waals surface area contributed by atoms with Crippen LogP contribution in [0.5, 0.6) is 0 Å². The summed E-state index contributed by atoms with van der Waals surface area (Å²) in [5.41, 5.74) is -0.744. The molecule has 0 saturated heterocycles. The van der Waals surface area contributed by atoms with Crippen LogP contribution in [0.1, 0.15) is 41.0 Å². The van der Waals surface area contributed by atoms with Gasteiger partial charge in [0.15, 0.2) is 0 Å². The predicted octanol–water partition coefficient (Wildman–Crippen LogP) is 2.39. The molecule has 0 aromatic rings. The molecule has 3 heteroatoms. The minimum atomic E-state index is -0.568. The molecule has 0 atom stereocenters. The smallest absolute Gasteiger partial charge is 0.313 e. The van der Waals surface area contributed by atoms with Crippen LogP contribution in [0, 0.1) is 5.41 Å². The van der Waals surface area contributed by atoms with E-state index in [1.807, 2.05) is 27.7 Å². The molecule has 0 aromatic heterocycles. The molecule has 0 unspecified atom stereocenters. The van der Waals surface area contributed by atoms with E-state index in [1.165, 1.54) is 7.11 Å². The zero-order valence-electron chi connectivity index (χ0n) is 10.1. The maximum atomic E-state index is 11.3. The molecule has 0 aliphatic heterocycles. The molecule has 0 radical (unpaired) electrons. The Labute approximate surface area is 86.8 Å². The summed E-state index contributed by atoms with van der Waals surface area (Å²) in [6.45, 7) is 10.1. The minimum Gasteiger partial charge on any atom is -0.469 e. The third-order valence-corrected chi connectivity index (χ3v) is 2.41. The summed E-state index contributed by atoms with van der Waals surface area (Å²) in [5, 5.41) is 0. The van der Waals surface area contributed by atoms with Gasteiger partial charge in [0.1, 0.15) is 0 Å². The van der Waals surface area contributed by atoms with Crippen LogP contribution in [0.3, 0.4) is 0 Å². The number of hydrogen-bond acceptors (Lipinski definition) is 3. The average molecular weight is 202 g/mol. The second-order valence-electron chi connectivity index (χ2n) is 4.78. The molecule has 0 saturated carbocycles. The number of methoxy groups -OCH3 is 1. The van der Waals surface area contributed by atoms with Gasteiger partial charge in [0.25, 0.3) is 0 Å². The molecule has 0 aliphatic rings. The van der Waals surface area contributed by atoms with Crippen LogP contribution in [0.2, 0.25) is 0 Å². The lowest BCUT2D eigenvalue weighted by Gasteiger charge is -2.29. The van der Waals surface area contributed by atoms with E-state index in [9.17, 15) is 4.79 Å². The third kappa shape index (κ3) is 4.09. The van der Waals surface area contributed by atoms with Gasteiger partial charge in [-0.25, -0.2) is 0 Å². The van der Waals surface area contributed by atoms with E-state index in [4.69, 9.17) is 9.47 Å². The van der Waals surface area contributed by atoms with Crippen LogP contribution in [0.4, 0.5) is 0 Å². The number of esters is 1. The Bertz CT molecular complexity index is 195. The second-order valence-corrected chi connectivity index (χ2v) is 4.78. The van der Waals surface area contributed by atoms with Gasteiger partial charge in [-0.2, -0.15) is 0 Å². The lowest BCUT2D eigenvalue weighted by Crippen LogP contribution is -2.35. The highest BCUT2D eigenvalue weighted by molar-refractivity contribution is 5.75. The van der Waals surface area contributed by atoms with E-state index in [2.05, 4.69) is 6.92 Å². The molecule has 3 nitrogen and oxygen atoms in total. The van der Waals surface area contributed by atoms with Gasteiger partial charge >= 0.3 is 5.97 Å². The van der Waals surface area contributed by atoms with Gasteiger partial charge in [-0.3, -0.25) is 4.79 Å². The zero-order chi connectivity index (χ0) is 11.4. The highest BCUT2D eigenvalue weighted by Gasteiger charge is 2.31. The molecule has 0 spiro atoms. The van der Waals surface area contributed by atoms with E-state index >= 15 is 0 Å². The van der Waals surface area contributed by atoms with E-state index < -0.39 is 5.41 Å². The van der Waals surface area contributed by atoms with E-state index in [0.29, 0.717) is 6.61 Å². The highest BCUT2D eigenvalue weighted by atomic mass is 16.5. The van der Waals surface area contributed by atoms with E-state index in [1.54, 1.807) is 0 Å². The van der Waals surface area contributed by atoms with Crippen molar-refractivity contribution in [2.24, 2.45) is 5.41 Å². The Morgan fingerprint density at radius 3 is 2.07 bits per heavy atom. The summed E-state index contributed by atoms with van der Waals surface area (Å²) in [6.07, 6.45) is 0.921. The Hall–Kier alpha value is -0.570. The van der Waals surface area contributed by atoms with Gasteiger partial charge in [-0.1, -0.05) is 6.92 Å². The molecule has 0 aliphatic carbocycles. The number of hydrogen-bond donors (Lipinski definition) is 0. The Balaban J connectivity index is 4.18. The van der Waals surface area contributed by atoms with Gasteiger partial charge < -0.3 is 9.47 Å². The summed E-state index contributed by atoms with van der Waals surface area (Å²) >= 11 is 0. The maximum Gasteiger partial charge on any atom is 0.313 e. The number of rotatable bonds is 5. The van der Waals surface area contributed by atoms with Crippen molar-refractivity contribution < 1.29 is 14.3 Å². The van der Waals surface area contributed by atoms with Crippen molar-refractivity contribution in [2.45, 2.75) is 46.6 Å². The standard InChI is InChI=1S/C11H22O3/c1-7-11(4,5)14-8-10(2,3)9(12)13-6/h7-8H2,1-6H3. The minimum absolute atomic E-state index is 0.175. The van der Waals surface area contributed by atoms with Gasteiger partial charge in [0.05, 0.1) is 24.7 Å². The van der Waals surface area contributed by atoms with Gasteiger partial charge in [-0.15, -0.1) is 0 Å². The fourth-order valence-electron chi connectivity index (χ4n) is 0.813. The maximum absolute atomic E-state index is 11.3. The Morgan fingerprint density at radius 1 is 1.21 bits per heavy atom. The number of carbonyl (C=O) groups is 1. The van der Waals surface area contributed by atoms with Crippen LogP contribution in [0.15, 0.2) is 0 Å². The SMILES string of the molecule is CCC(C)(C)OCC(C)(C)C(=O)OC. The average Bonchev–Trinajstić information content (AvgIpc) is 2.14. The van der Waals surface area contributed by atoms with Crippen molar-refractivity contribution in [1.82, 2.24) is 0 Å². The number of carbonyl (C=O) groups excluding carboxylic acids is 1. The molecule has 0 rings (SSSR count). The fraction of sp³-hybridized carbons (Fsp3) is 0.909. The third-order valence-electron chi connectivity index (χ3n) is 2.41. The molecule has 84 valence electrons. The molecule has 0 bridgehead atoms. The Morgan fingerprint density at radius 2 is 1.71 bits per heavy atom. The first kappa shape index (κ1) is 13.4. The normalized spacial score (nSPS) is 12.7. The fourth-order valence-corrected chi connectivity index (χ4v) is 0.813. The first-order valence-corrected chi connectivity index (χ1v) is 4.97. The van der Waals surface area contributed by atoms with Gasteiger partial charge in [-0.05, 0) is 34.1 Å². The van der Waals surface area contributed by atoms with Crippen LogP contribution >= 0.6 is 0 Å². The van der Waals surface area contributed by atoms with Crippen LogP contribution in [-0.4, -0.2) is 25.3 Å². The summed E-state index contributed by atoms with van der Waals surface area (Å²) in [7, 11) is 1.40. The van der Waals surface area contributed by atoms with Crippen LogP contribution in [-0.2, 0) is 14.3 Å². The lowest BCUT2D eigenvalue weighted by atomic mass is 9.94.